The lowest BCUT2D eigenvalue weighted by Crippen LogP contribution is -2.22. The maximum Gasteiger partial charge on any atom is 0.134 e. The minimum Gasteiger partial charge on any atom is -0.459 e. The van der Waals surface area contributed by atoms with E-state index in [4.69, 9.17) is 13.9 Å². The summed E-state index contributed by atoms with van der Waals surface area (Å²) in [6, 6.07) is 10.4. The van der Waals surface area contributed by atoms with Gasteiger partial charge in [-0.3, -0.25) is 0 Å². The van der Waals surface area contributed by atoms with Gasteiger partial charge in [0.2, 0.25) is 0 Å². The molecule has 1 aromatic carbocycles. The smallest absolute Gasteiger partial charge is 0.134 e. The Bertz CT molecular complexity index is 527. The van der Waals surface area contributed by atoms with Gasteiger partial charge in [0.1, 0.15) is 11.3 Å². The monoisotopic (exact) mass is 289 g/mol. The first-order valence-corrected chi connectivity index (χ1v) is 7.74. The van der Waals surface area contributed by atoms with Crippen LogP contribution in [0.25, 0.3) is 11.0 Å². The summed E-state index contributed by atoms with van der Waals surface area (Å²) in [6.07, 6.45) is 2.34. The van der Waals surface area contributed by atoms with Crippen molar-refractivity contribution in [2.75, 3.05) is 26.4 Å². The van der Waals surface area contributed by atoms with E-state index >= 15 is 0 Å². The number of ether oxygens (including phenoxy) is 2. The van der Waals surface area contributed by atoms with Gasteiger partial charge in [0, 0.05) is 18.6 Å². The predicted octanol–water partition coefficient (Wildman–Crippen LogP) is 3.28. The van der Waals surface area contributed by atoms with Gasteiger partial charge >= 0.3 is 0 Å². The van der Waals surface area contributed by atoms with E-state index in [9.17, 15) is 0 Å². The van der Waals surface area contributed by atoms with Gasteiger partial charge in [0.05, 0.1) is 18.8 Å². The maximum absolute atomic E-state index is 5.86. The van der Waals surface area contributed by atoms with Crippen molar-refractivity contribution in [1.29, 1.82) is 0 Å². The topological polar surface area (TPSA) is 43.6 Å². The zero-order valence-electron chi connectivity index (χ0n) is 12.5. The van der Waals surface area contributed by atoms with E-state index in [1.165, 1.54) is 0 Å². The van der Waals surface area contributed by atoms with Crippen molar-refractivity contribution in [2.24, 2.45) is 0 Å². The number of nitrogens with one attached hydrogen (secondary N) is 1. The van der Waals surface area contributed by atoms with Crippen LogP contribution in [0, 0.1) is 0 Å². The van der Waals surface area contributed by atoms with E-state index in [0.717, 1.165) is 55.9 Å². The van der Waals surface area contributed by atoms with Crippen LogP contribution in [0.2, 0.25) is 0 Å². The molecule has 114 valence electrons. The normalized spacial score (nSPS) is 20.1. The number of rotatable bonds is 7. The molecule has 1 saturated heterocycles. The van der Waals surface area contributed by atoms with Crippen molar-refractivity contribution >= 4 is 11.0 Å². The van der Waals surface area contributed by atoms with Crippen molar-refractivity contribution in [3.8, 4) is 0 Å². The molecule has 2 aromatic rings. The van der Waals surface area contributed by atoms with Gasteiger partial charge in [-0.05, 0) is 38.4 Å². The summed E-state index contributed by atoms with van der Waals surface area (Å²) < 4.78 is 16.9. The third-order valence-corrected chi connectivity index (χ3v) is 3.88. The first-order chi connectivity index (χ1) is 10.3. The Kier molecular flexibility index (Phi) is 4.91. The van der Waals surface area contributed by atoms with Crippen LogP contribution in [-0.4, -0.2) is 32.5 Å². The standard InChI is InChI=1S/C17H23NO3/c1-13(17-11-14-5-2-3-6-16(14)21-17)18-8-4-9-20-15-7-10-19-12-15/h2-3,5-6,11,13,15,18H,4,7-10,12H2,1H3/t13-,15-/m0/s1. The molecule has 2 heterocycles. The van der Waals surface area contributed by atoms with Crippen molar-refractivity contribution in [3.63, 3.8) is 0 Å². The van der Waals surface area contributed by atoms with Gasteiger partial charge in [-0.1, -0.05) is 18.2 Å². The van der Waals surface area contributed by atoms with Gasteiger partial charge in [0.15, 0.2) is 0 Å². The van der Waals surface area contributed by atoms with Crippen molar-refractivity contribution in [2.45, 2.75) is 31.9 Å². The van der Waals surface area contributed by atoms with Gasteiger partial charge in [0.25, 0.3) is 0 Å². The largest absolute Gasteiger partial charge is 0.459 e. The van der Waals surface area contributed by atoms with Gasteiger partial charge in [-0.2, -0.15) is 0 Å². The molecule has 2 atom stereocenters. The lowest BCUT2D eigenvalue weighted by atomic mass is 10.2. The van der Waals surface area contributed by atoms with E-state index < -0.39 is 0 Å². The first-order valence-electron chi connectivity index (χ1n) is 7.74. The number of para-hydroxylation sites is 1. The highest BCUT2D eigenvalue weighted by molar-refractivity contribution is 5.77. The lowest BCUT2D eigenvalue weighted by Gasteiger charge is -2.12. The first kappa shape index (κ1) is 14.6. The van der Waals surface area contributed by atoms with Crippen LogP contribution in [0.4, 0.5) is 0 Å². The molecular weight excluding hydrogens is 266 g/mol. The highest BCUT2D eigenvalue weighted by atomic mass is 16.5. The molecule has 1 fully saturated rings. The van der Waals surface area contributed by atoms with E-state index in [2.05, 4.69) is 24.4 Å². The molecule has 1 aromatic heterocycles. The van der Waals surface area contributed by atoms with Crippen LogP contribution in [0.1, 0.15) is 31.6 Å². The summed E-state index contributed by atoms with van der Waals surface area (Å²) in [6.45, 7) is 5.43. The summed E-state index contributed by atoms with van der Waals surface area (Å²) in [5.74, 6) is 0.987. The molecule has 1 N–H and O–H groups in total. The van der Waals surface area contributed by atoms with Crippen molar-refractivity contribution in [1.82, 2.24) is 5.32 Å². The van der Waals surface area contributed by atoms with Crippen LogP contribution in [0.15, 0.2) is 34.7 Å². The van der Waals surface area contributed by atoms with Crippen molar-refractivity contribution < 1.29 is 13.9 Å². The molecule has 0 amide bonds. The number of hydrogen-bond acceptors (Lipinski definition) is 4. The third-order valence-electron chi connectivity index (χ3n) is 3.88. The fraction of sp³-hybridized carbons (Fsp3) is 0.529. The van der Waals surface area contributed by atoms with E-state index in [1.54, 1.807) is 0 Å². The third kappa shape index (κ3) is 3.84. The average molecular weight is 289 g/mol. The Morgan fingerprint density at radius 3 is 3.10 bits per heavy atom. The molecular formula is C17H23NO3. The fourth-order valence-corrected chi connectivity index (χ4v) is 2.60. The summed E-state index contributed by atoms with van der Waals surface area (Å²) in [7, 11) is 0. The SMILES string of the molecule is C[C@H](NCCCO[C@H]1CCOC1)c1cc2ccccc2o1. The molecule has 0 spiro atoms. The Hall–Kier alpha value is -1.36. The van der Waals surface area contributed by atoms with Crippen LogP contribution in [0.3, 0.4) is 0 Å². The van der Waals surface area contributed by atoms with Gasteiger partial charge in [-0.15, -0.1) is 0 Å². The molecule has 3 rings (SSSR count). The lowest BCUT2D eigenvalue weighted by molar-refractivity contribution is 0.0413. The van der Waals surface area contributed by atoms with Crippen LogP contribution < -0.4 is 5.32 Å². The summed E-state index contributed by atoms with van der Waals surface area (Å²) in [4.78, 5) is 0. The number of fused-ring (bicyclic) bond motifs is 1. The van der Waals surface area contributed by atoms with E-state index in [0.29, 0.717) is 6.10 Å². The van der Waals surface area contributed by atoms with E-state index in [-0.39, 0.29) is 6.04 Å². The van der Waals surface area contributed by atoms with Crippen LogP contribution in [-0.2, 0) is 9.47 Å². The average Bonchev–Trinajstić information content (AvgIpc) is 3.15. The Morgan fingerprint density at radius 1 is 1.38 bits per heavy atom. The molecule has 0 saturated carbocycles. The number of hydrogen-bond donors (Lipinski definition) is 1. The highest BCUT2D eigenvalue weighted by Gasteiger charge is 2.15. The maximum atomic E-state index is 5.86. The zero-order valence-corrected chi connectivity index (χ0v) is 12.5. The second-order valence-corrected chi connectivity index (χ2v) is 5.57. The summed E-state index contributed by atoms with van der Waals surface area (Å²) in [5.41, 5.74) is 0.950. The summed E-state index contributed by atoms with van der Waals surface area (Å²) in [5, 5.41) is 4.64. The minimum atomic E-state index is 0.215. The van der Waals surface area contributed by atoms with Crippen molar-refractivity contribution in [3.05, 3.63) is 36.1 Å². The Labute approximate surface area is 125 Å². The molecule has 0 aliphatic carbocycles. The molecule has 1 aliphatic heterocycles. The molecule has 21 heavy (non-hydrogen) atoms. The van der Waals surface area contributed by atoms with Crippen LogP contribution in [0.5, 0.6) is 0 Å². The number of furan rings is 1. The Balaban J connectivity index is 1.40. The second kappa shape index (κ2) is 7.07. The van der Waals surface area contributed by atoms with Gasteiger partial charge in [-0.25, -0.2) is 0 Å². The Morgan fingerprint density at radius 2 is 2.29 bits per heavy atom. The zero-order chi connectivity index (χ0) is 14.5. The predicted molar refractivity (Wildman–Crippen MR) is 82.4 cm³/mol. The summed E-state index contributed by atoms with van der Waals surface area (Å²) >= 11 is 0. The van der Waals surface area contributed by atoms with Crippen LogP contribution >= 0.6 is 0 Å². The molecule has 0 bridgehead atoms. The molecule has 0 unspecified atom stereocenters. The second-order valence-electron chi connectivity index (χ2n) is 5.57. The minimum absolute atomic E-state index is 0.215. The fourth-order valence-electron chi connectivity index (χ4n) is 2.60. The number of benzene rings is 1. The highest BCUT2D eigenvalue weighted by Crippen LogP contribution is 2.23. The van der Waals surface area contributed by atoms with Gasteiger partial charge < -0.3 is 19.2 Å². The molecule has 0 radical (unpaired) electrons. The molecule has 4 nitrogen and oxygen atoms in total. The quantitative estimate of drug-likeness (QED) is 0.794. The molecule has 1 aliphatic rings. The molecule has 4 heteroatoms. The van der Waals surface area contributed by atoms with E-state index in [1.807, 2.05) is 18.2 Å².